The third-order valence-corrected chi connectivity index (χ3v) is 5.80. The minimum Gasteiger partial charge on any atom is -0.438 e. The number of nitrogens with one attached hydrogen (secondary N) is 1. The van der Waals surface area contributed by atoms with Gasteiger partial charge >= 0.3 is 0 Å². The fraction of sp³-hybridized carbons (Fsp3) is 0.269. The molecule has 0 bridgehead atoms. The van der Waals surface area contributed by atoms with Crippen molar-refractivity contribution >= 4 is 11.4 Å². The summed E-state index contributed by atoms with van der Waals surface area (Å²) in [5.41, 5.74) is 5.17. The van der Waals surface area contributed by atoms with Crippen molar-refractivity contribution < 1.29 is 9.53 Å². The molecule has 0 amide bonds. The van der Waals surface area contributed by atoms with Crippen molar-refractivity contribution in [1.82, 2.24) is 24.5 Å². The van der Waals surface area contributed by atoms with Crippen LogP contribution < -0.4 is 10.1 Å². The van der Waals surface area contributed by atoms with Crippen LogP contribution in [0.2, 0.25) is 0 Å². The third kappa shape index (κ3) is 4.52. The molecule has 5 rings (SSSR count). The van der Waals surface area contributed by atoms with Gasteiger partial charge in [0.25, 0.3) is 0 Å². The Labute approximate surface area is 192 Å². The average Bonchev–Trinajstić information content (AvgIpc) is 3.30. The fourth-order valence-electron chi connectivity index (χ4n) is 3.84. The van der Waals surface area contributed by atoms with Gasteiger partial charge in [-0.25, -0.2) is 9.50 Å². The number of aryl methyl sites for hydroxylation is 3. The van der Waals surface area contributed by atoms with Gasteiger partial charge in [-0.3, -0.25) is 4.79 Å². The predicted octanol–water partition coefficient (Wildman–Crippen LogP) is 3.47. The Bertz CT molecular complexity index is 1420. The van der Waals surface area contributed by atoms with E-state index in [-0.39, 0.29) is 5.78 Å². The highest BCUT2D eigenvalue weighted by Gasteiger charge is 2.15. The molecule has 0 radical (unpaired) electrons. The Balaban J connectivity index is 1.33. The number of benzene rings is 1. The van der Waals surface area contributed by atoms with E-state index in [4.69, 9.17) is 4.74 Å². The zero-order valence-corrected chi connectivity index (χ0v) is 18.9. The molecule has 3 aromatic heterocycles. The van der Waals surface area contributed by atoms with E-state index in [1.165, 1.54) is 0 Å². The third-order valence-electron chi connectivity index (χ3n) is 5.80. The minimum atomic E-state index is 0.0788. The van der Waals surface area contributed by atoms with Crippen molar-refractivity contribution in [1.29, 1.82) is 0 Å². The van der Waals surface area contributed by atoms with E-state index >= 15 is 0 Å². The second-order valence-corrected chi connectivity index (χ2v) is 8.53. The van der Waals surface area contributed by atoms with Crippen LogP contribution in [0.3, 0.4) is 0 Å². The summed E-state index contributed by atoms with van der Waals surface area (Å²) in [6, 6.07) is 11.3. The second-order valence-electron chi connectivity index (χ2n) is 8.53. The van der Waals surface area contributed by atoms with E-state index in [0.717, 1.165) is 29.8 Å². The molecule has 0 spiro atoms. The Morgan fingerprint density at radius 2 is 2.03 bits per heavy atom. The lowest BCUT2D eigenvalue weighted by atomic mass is 10.0. The number of nitrogens with zero attached hydrogens (tertiary/aromatic N) is 4. The summed E-state index contributed by atoms with van der Waals surface area (Å²) in [5, 5.41) is 7.72. The van der Waals surface area contributed by atoms with Crippen molar-refractivity contribution in [2.24, 2.45) is 13.0 Å². The highest BCUT2D eigenvalue weighted by atomic mass is 16.5. The molecule has 0 saturated carbocycles. The van der Waals surface area contributed by atoms with Gasteiger partial charge in [0.15, 0.2) is 11.4 Å². The quantitative estimate of drug-likeness (QED) is 0.381. The molecule has 1 saturated heterocycles. The molecule has 7 heteroatoms. The number of ether oxygens (including phenoxy) is 1. The number of aromatic nitrogens is 4. The van der Waals surface area contributed by atoms with Crippen molar-refractivity contribution in [2.75, 3.05) is 13.1 Å². The molecule has 1 fully saturated rings. The Morgan fingerprint density at radius 1 is 1.18 bits per heavy atom. The van der Waals surface area contributed by atoms with Gasteiger partial charge in [-0.2, -0.15) is 0 Å². The summed E-state index contributed by atoms with van der Waals surface area (Å²) in [6.45, 7) is 5.86. The molecule has 1 aliphatic rings. The smallest absolute Gasteiger partial charge is 0.237 e. The summed E-state index contributed by atoms with van der Waals surface area (Å²) in [5.74, 6) is 7.90. The number of carbonyl (C=O) groups excluding carboxylic acids is 1. The number of Topliss-reactive ketones (excluding diaryl/α,β-unsaturated/α-hetero) is 1. The van der Waals surface area contributed by atoms with Crippen LogP contribution in [-0.2, 0) is 13.5 Å². The van der Waals surface area contributed by atoms with Gasteiger partial charge in [0, 0.05) is 44.7 Å². The van der Waals surface area contributed by atoms with Gasteiger partial charge in [0.05, 0.1) is 11.9 Å². The second kappa shape index (κ2) is 8.57. The molecule has 1 aliphatic heterocycles. The summed E-state index contributed by atoms with van der Waals surface area (Å²) in [4.78, 5) is 17.3. The number of rotatable bonds is 5. The zero-order chi connectivity index (χ0) is 22.9. The van der Waals surface area contributed by atoms with Gasteiger partial charge in [0.2, 0.25) is 5.88 Å². The van der Waals surface area contributed by atoms with E-state index < -0.39 is 0 Å². The standard InChI is InChI=1S/C26H25N5O2/c1-17-10-23(30(3)15-17)24(32)12-20-11-22(7-4-18(20)2)33-26-9-8-25-28-21(16-31(25)29-26)6-5-19-13-27-14-19/h4,7-11,15-16,19,27H,12-14H2,1-3H3. The van der Waals surface area contributed by atoms with E-state index in [0.29, 0.717) is 41.0 Å². The Hall–Kier alpha value is -3.89. The number of imidazole rings is 1. The molecule has 4 heterocycles. The van der Waals surface area contributed by atoms with Crippen LogP contribution in [0.4, 0.5) is 0 Å². The molecule has 0 unspecified atom stereocenters. The van der Waals surface area contributed by atoms with Crippen molar-refractivity contribution in [3.05, 3.63) is 76.9 Å². The van der Waals surface area contributed by atoms with Gasteiger partial charge < -0.3 is 14.6 Å². The van der Waals surface area contributed by atoms with Crippen LogP contribution in [-0.4, -0.2) is 38.0 Å². The van der Waals surface area contributed by atoms with Crippen LogP contribution in [0.5, 0.6) is 11.6 Å². The first-order valence-corrected chi connectivity index (χ1v) is 11.0. The van der Waals surface area contributed by atoms with Crippen LogP contribution in [0, 0.1) is 31.6 Å². The zero-order valence-electron chi connectivity index (χ0n) is 18.9. The molecule has 0 atom stereocenters. The van der Waals surface area contributed by atoms with Crippen molar-refractivity contribution in [3.8, 4) is 23.5 Å². The van der Waals surface area contributed by atoms with Crippen LogP contribution >= 0.6 is 0 Å². The summed E-state index contributed by atoms with van der Waals surface area (Å²) in [7, 11) is 1.89. The molecule has 33 heavy (non-hydrogen) atoms. The Kier molecular flexibility index (Phi) is 5.45. The molecular formula is C26H25N5O2. The normalized spacial score (nSPS) is 13.4. The maximum Gasteiger partial charge on any atom is 0.237 e. The molecule has 0 aliphatic carbocycles. The summed E-state index contributed by atoms with van der Waals surface area (Å²) in [6.07, 6.45) is 4.08. The summed E-state index contributed by atoms with van der Waals surface area (Å²) < 4.78 is 9.56. The molecule has 4 aromatic rings. The molecule has 1 aromatic carbocycles. The van der Waals surface area contributed by atoms with E-state index in [1.807, 2.05) is 68.2 Å². The highest BCUT2D eigenvalue weighted by Crippen LogP contribution is 2.24. The highest BCUT2D eigenvalue weighted by molar-refractivity contribution is 5.96. The first kappa shape index (κ1) is 21.0. The first-order chi connectivity index (χ1) is 15.9. The molecule has 166 valence electrons. The molecule has 7 nitrogen and oxygen atoms in total. The van der Waals surface area contributed by atoms with Gasteiger partial charge in [-0.05, 0) is 60.7 Å². The molecule has 1 N–H and O–H groups in total. The number of carbonyl (C=O) groups is 1. The minimum absolute atomic E-state index is 0.0788. The predicted molar refractivity (Wildman–Crippen MR) is 126 cm³/mol. The lowest BCUT2D eigenvalue weighted by molar-refractivity contribution is 0.0985. The van der Waals surface area contributed by atoms with Gasteiger partial charge in [-0.1, -0.05) is 12.0 Å². The number of fused-ring (bicyclic) bond motifs is 1. The van der Waals surface area contributed by atoms with Crippen molar-refractivity contribution in [2.45, 2.75) is 20.3 Å². The lowest BCUT2D eigenvalue weighted by Gasteiger charge is -2.20. The molecular weight excluding hydrogens is 414 g/mol. The van der Waals surface area contributed by atoms with E-state index in [9.17, 15) is 4.79 Å². The van der Waals surface area contributed by atoms with Crippen LogP contribution in [0.1, 0.15) is 32.9 Å². The number of hydrogen-bond acceptors (Lipinski definition) is 5. The van der Waals surface area contributed by atoms with E-state index in [1.54, 1.807) is 10.6 Å². The topological polar surface area (TPSA) is 73.4 Å². The van der Waals surface area contributed by atoms with E-state index in [2.05, 4.69) is 27.2 Å². The van der Waals surface area contributed by atoms with Gasteiger partial charge in [0.1, 0.15) is 11.4 Å². The lowest BCUT2D eigenvalue weighted by Crippen LogP contribution is -2.40. The monoisotopic (exact) mass is 439 g/mol. The SMILES string of the molecule is Cc1cc(C(=O)Cc2cc(Oc3ccc4nc(C#CC5CNC5)cn4n3)ccc2C)n(C)c1. The summed E-state index contributed by atoms with van der Waals surface area (Å²) >= 11 is 0. The number of ketones is 1. The van der Waals surface area contributed by atoms with Crippen molar-refractivity contribution in [3.63, 3.8) is 0 Å². The number of hydrogen-bond donors (Lipinski definition) is 1. The average molecular weight is 440 g/mol. The Morgan fingerprint density at radius 3 is 2.76 bits per heavy atom. The largest absolute Gasteiger partial charge is 0.438 e. The maximum atomic E-state index is 12.8. The van der Waals surface area contributed by atoms with Crippen LogP contribution in [0.25, 0.3) is 5.65 Å². The fourth-order valence-corrected chi connectivity index (χ4v) is 3.84. The van der Waals surface area contributed by atoms with Crippen LogP contribution in [0.15, 0.2) is 48.8 Å². The maximum absolute atomic E-state index is 12.8. The first-order valence-electron chi connectivity index (χ1n) is 11.0. The van der Waals surface area contributed by atoms with Gasteiger partial charge in [-0.15, -0.1) is 5.10 Å².